The van der Waals surface area contributed by atoms with Gasteiger partial charge in [0.2, 0.25) is 27.7 Å². The number of carbonyl (C=O) groups is 1. The first kappa shape index (κ1) is 27.2. The number of hydrogen-bond donors (Lipinski definition) is 3. The molecule has 0 saturated carbocycles. The molecule has 188 valence electrons. The average Bonchev–Trinajstić information content (AvgIpc) is 2.70. The quantitative estimate of drug-likeness (QED) is 0.389. The fraction of sp³-hybridized carbons (Fsp3) is 0.353. The summed E-state index contributed by atoms with van der Waals surface area (Å²) in [5, 5.41) is 2.09. The van der Waals surface area contributed by atoms with E-state index in [1.54, 1.807) is 4.72 Å². The molecule has 0 aliphatic rings. The van der Waals surface area contributed by atoms with Crippen LogP contribution in [0.25, 0.3) is 0 Å². The number of hydrogen-bond acceptors (Lipinski definition) is 11. The van der Waals surface area contributed by atoms with Gasteiger partial charge in [0.15, 0.2) is 9.84 Å². The zero-order chi connectivity index (χ0) is 25.9. The molecule has 1 unspecified atom stereocenters. The lowest BCUT2D eigenvalue weighted by molar-refractivity contribution is 0.256. The van der Waals surface area contributed by atoms with Crippen molar-refractivity contribution in [1.29, 1.82) is 0 Å². The van der Waals surface area contributed by atoms with Crippen molar-refractivity contribution in [3.05, 3.63) is 29.8 Å². The van der Waals surface area contributed by atoms with Crippen LogP contribution in [-0.4, -0.2) is 68.0 Å². The highest BCUT2D eigenvalue weighted by Gasteiger charge is 2.28. The van der Waals surface area contributed by atoms with Gasteiger partial charge < -0.3 is 9.47 Å². The van der Waals surface area contributed by atoms with E-state index in [1.807, 2.05) is 0 Å². The Kier molecular flexibility index (Phi) is 8.07. The molecule has 17 heteroatoms. The normalized spacial score (nSPS) is 13.1. The number of benzene rings is 1. The van der Waals surface area contributed by atoms with Gasteiger partial charge >= 0.3 is 6.03 Å². The van der Waals surface area contributed by atoms with E-state index >= 15 is 0 Å². The number of aromatic nitrogens is 2. The predicted molar refractivity (Wildman–Crippen MR) is 120 cm³/mol. The zero-order valence-corrected chi connectivity index (χ0v) is 21.1. The minimum Gasteiger partial charge on any atom is -0.481 e. The standard InChI is InChI=1S/C17H23N5O9S3/c1-10(21-33(5,26)27)11-6-7-12(32(4,24)25)13(8-11)34(28,29)22-17(23)20-16-18-14(30-2)9-15(19-16)31-3/h6-10,21H,1-5H3,(H2,18,19,20,22,23). The van der Waals surface area contributed by atoms with E-state index in [0.29, 0.717) is 0 Å². The van der Waals surface area contributed by atoms with Gasteiger partial charge in [0, 0.05) is 12.3 Å². The van der Waals surface area contributed by atoms with Gasteiger partial charge in [0.25, 0.3) is 10.0 Å². The highest BCUT2D eigenvalue weighted by atomic mass is 32.2. The maximum absolute atomic E-state index is 12.9. The molecule has 0 radical (unpaired) electrons. The Balaban J connectivity index is 2.44. The van der Waals surface area contributed by atoms with Crippen molar-refractivity contribution in [3.63, 3.8) is 0 Å². The van der Waals surface area contributed by atoms with Crippen LogP contribution >= 0.6 is 0 Å². The number of rotatable bonds is 9. The Bertz CT molecular complexity index is 1390. The molecule has 1 aromatic carbocycles. The van der Waals surface area contributed by atoms with E-state index in [0.717, 1.165) is 24.6 Å². The van der Waals surface area contributed by atoms with Crippen molar-refractivity contribution in [2.75, 3.05) is 32.0 Å². The van der Waals surface area contributed by atoms with Crippen LogP contribution in [0, 0.1) is 0 Å². The highest BCUT2D eigenvalue weighted by molar-refractivity contribution is 7.93. The lowest BCUT2D eigenvalue weighted by atomic mass is 10.1. The Morgan fingerprint density at radius 2 is 1.47 bits per heavy atom. The molecule has 1 atom stereocenters. The van der Waals surface area contributed by atoms with Gasteiger partial charge in [-0.1, -0.05) is 6.07 Å². The molecular formula is C17H23N5O9S3. The van der Waals surface area contributed by atoms with Crippen LogP contribution in [0.3, 0.4) is 0 Å². The van der Waals surface area contributed by atoms with E-state index in [4.69, 9.17) is 9.47 Å². The van der Waals surface area contributed by atoms with Gasteiger partial charge in [-0.3, -0.25) is 5.32 Å². The van der Waals surface area contributed by atoms with Crippen LogP contribution in [0.2, 0.25) is 0 Å². The lowest BCUT2D eigenvalue weighted by Gasteiger charge is -2.16. The maximum atomic E-state index is 12.9. The summed E-state index contributed by atoms with van der Waals surface area (Å²) >= 11 is 0. The number of nitrogens with zero attached hydrogens (tertiary/aromatic N) is 2. The van der Waals surface area contributed by atoms with Crippen LogP contribution in [0.15, 0.2) is 34.1 Å². The summed E-state index contributed by atoms with van der Waals surface area (Å²) < 4.78 is 87.1. The predicted octanol–water partition coefficient (Wildman–Crippen LogP) is 0.0179. The number of sulfonamides is 2. The molecule has 1 aromatic heterocycles. The zero-order valence-electron chi connectivity index (χ0n) is 18.7. The third-order valence-corrected chi connectivity index (χ3v) is 7.53. The van der Waals surface area contributed by atoms with Crippen molar-refractivity contribution in [3.8, 4) is 11.8 Å². The summed E-state index contributed by atoms with van der Waals surface area (Å²) in [6, 6.07) is 2.34. The SMILES string of the molecule is COc1cc(OC)nc(NC(=O)NS(=O)(=O)c2cc(C(C)NS(C)(=O)=O)ccc2S(C)(=O)=O)n1. The first-order valence-electron chi connectivity index (χ1n) is 9.18. The molecule has 0 saturated heterocycles. The smallest absolute Gasteiger partial charge is 0.335 e. The van der Waals surface area contributed by atoms with Gasteiger partial charge in [-0.25, -0.2) is 39.5 Å². The molecule has 1 heterocycles. The van der Waals surface area contributed by atoms with E-state index in [-0.39, 0.29) is 23.3 Å². The van der Waals surface area contributed by atoms with Gasteiger partial charge in [-0.2, -0.15) is 9.97 Å². The minimum atomic E-state index is -4.76. The fourth-order valence-electron chi connectivity index (χ4n) is 2.67. The summed E-state index contributed by atoms with van der Waals surface area (Å²) in [5.41, 5.74) is 0.138. The first-order valence-corrected chi connectivity index (χ1v) is 14.4. The van der Waals surface area contributed by atoms with Crippen LogP contribution in [0.4, 0.5) is 10.7 Å². The second-order valence-electron chi connectivity index (χ2n) is 6.93. The number of anilines is 1. The van der Waals surface area contributed by atoms with Crippen molar-refractivity contribution in [2.24, 2.45) is 0 Å². The van der Waals surface area contributed by atoms with Crippen molar-refractivity contribution in [2.45, 2.75) is 22.8 Å². The summed E-state index contributed by atoms with van der Waals surface area (Å²) in [6.07, 6.45) is 1.70. The van der Waals surface area contributed by atoms with E-state index in [2.05, 4.69) is 20.0 Å². The Morgan fingerprint density at radius 3 is 1.94 bits per heavy atom. The van der Waals surface area contributed by atoms with Crippen LogP contribution in [0.1, 0.15) is 18.5 Å². The van der Waals surface area contributed by atoms with E-state index in [9.17, 15) is 30.0 Å². The van der Waals surface area contributed by atoms with Crippen molar-refractivity contribution >= 4 is 41.9 Å². The van der Waals surface area contributed by atoms with Gasteiger partial charge in [0.05, 0.1) is 31.4 Å². The number of ether oxygens (including phenoxy) is 2. The fourth-order valence-corrected chi connectivity index (χ4v) is 6.00. The molecule has 3 N–H and O–H groups in total. The number of carbonyl (C=O) groups excluding carboxylic acids is 1. The molecule has 34 heavy (non-hydrogen) atoms. The Hall–Kier alpha value is -3.02. The number of amides is 2. The first-order chi connectivity index (χ1) is 15.6. The molecule has 0 aliphatic heterocycles. The topological polar surface area (TPSA) is 200 Å². The van der Waals surface area contributed by atoms with Crippen molar-refractivity contribution in [1.82, 2.24) is 19.4 Å². The highest BCUT2D eigenvalue weighted by Crippen LogP contribution is 2.26. The lowest BCUT2D eigenvalue weighted by Crippen LogP contribution is -2.35. The number of sulfone groups is 1. The van der Waals surface area contributed by atoms with Crippen LogP contribution in [-0.2, 0) is 29.9 Å². The molecule has 2 aromatic rings. The van der Waals surface area contributed by atoms with E-state index < -0.39 is 51.7 Å². The Morgan fingerprint density at radius 1 is 0.912 bits per heavy atom. The van der Waals surface area contributed by atoms with Crippen LogP contribution < -0.4 is 24.2 Å². The van der Waals surface area contributed by atoms with E-state index in [1.165, 1.54) is 33.3 Å². The largest absolute Gasteiger partial charge is 0.481 e. The molecule has 0 fully saturated rings. The summed E-state index contributed by atoms with van der Waals surface area (Å²) in [5.74, 6) is -0.319. The summed E-state index contributed by atoms with van der Waals surface area (Å²) in [6.45, 7) is 1.43. The van der Waals surface area contributed by atoms with Crippen LogP contribution in [0.5, 0.6) is 11.8 Å². The van der Waals surface area contributed by atoms with Gasteiger partial charge in [-0.05, 0) is 24.6 Å². The molecule has 0 spiro atoms. The molecule has 2 amide bonds. The summed E-state index contributed by atoms with van der Waals surface area (Å²) in [4.78, 5) is 18.7. The summed E-state index contributed by atoms with van der Waals surface area (Å²) in [7, 11) is -9.87. The molecule has 0 aliphatic carbocycles. The molecule has 0 bridgehead atoms. The molecule has 2 rings (SSSR count). The monoisotopic (exact) mass is 537 g/mol. The third-order valence-electron chi connectivity index (χ3n) is 4.10. The maximum Gasteiger partial charge on any atom is 0.335 e. The third kappa shape index (κ3) is 7.24. The Labute approximate surface area is 197 Å². The number of nitrogens with one attached hydrogen (secondary N) is 3. The number of methoxy groups -OCH3 is 2. The minimum absolute atomic E-state index is 0.0180. The van der Waals surface area contributed by atoms with Gasteiger partial charge in [0.1, 0.15) is 4.90 Å². The molecule has 14 nitrogen and oxygen atoms in total. The molecular weight excluding hydrogens is 514 g/mol. The van der Waals surface area contributed by atoms with Gasteiger partial charge in [-0.15, -0.1) is 0 Å². The second-order valence-corrected chi connectivity index (χ2v) is 12.3. The second kappa shape index (κ2) is 10.1. The van der Waals surface area contributed by atoms with Crippen molar-refractivity contribution < 1.29 is 39.5 Å². The number of urea groups is 1. The average molecular weight is 538 g/mol.